The van der Waals surface area contributed by atoms with Crippen molar-refractivity contribution in [2.75, 3.05) is 13.2 Å². The lowest BCUT2D eigenvalue weighted by Crippen LogP contribution is -2.30. The minimum absolute atomic E-state index is 0.0656. The van der Waals surface area contributed by atoms with Crippen LogP contribution in [0.3, 0.4) is 0 Å². The standard InChI is InChI=1S/C72H138O6/c1-4-7-10-13-16-19-22-25-27-29-31-33-35-36-37-39-40-42-44-47-50-53-56-59-62-65-71(74)77-68-69(67-76-70(73)64-61-58-55-52-49-46-24-21-18-15-12-9-6-3)78-72(75)66-63-60-57-54-51-48-45-43-41-38-34-32-30-28-26-23-20-17-14-11-8-5-2/h21,24,69H,4-20,22-23,25-68H2,1-3H3/b24-21-. The summed E-state index contributed by atoms with van der Waals surface area (Å²) in [6.07, 6.45) is 81.1. The summed E-state index contributed by atoms with van der Waals surface area (Å²) >= 11 is 0. The molecule has 78 heavy (non-hydrogen) atoms. The highest BCUT2D eigenvalue weighted by molar-refractivity contribution is 5.71. The van der Waals surface area contributed by atoms with Crippen LogP contribution >= 0.6 is 0 Å². The first kappa shape index (κ1) is 76.1. The zero-order valence-electron chi connectivity index (χ0n) is 53.2. The van der Waals surface area contributed by atoms with Crippen LogP contribution in [0.15, 0.2) is 12.2 Å². The lowest BCUT2D eigenvalue weighted by atomic mass is 10.0. The SMILES string of the molecule is CCCCCC/C=C\CCCCCCCC(=O)OCC(COC(=O)CCCCCCCCCCCCCCCCCCCCCCCCCCC)OC(=O)CCCCCCCCCCCCCCCCCCCCCCCC. The van der Waals surface area contributed by atoms with Gasteiger partial charge >= 0.3 is 17.9 Å². The molecule has 0 rings (SSSR count). The molecule has 0 amide bonds. The number of esters is 3. The third-order valence-electron chi connectivity index (χ3n) is 16.5. The van der Waals surface area contributed by atoms with Gasteiger partial charge in [0.2, 0.25) is 0 Å². The first-order valence-electron chi connectivity index (χ1n) is 35.7. The van der Waals surface area contributed by atoms with Crippen molar-refractivity contribution in [1.82, 2.24) is 0 Å². The number of hydrogen-bond donors (Lipinski definition) is 0. The fourth-order valence-corrected chi connectivity index (χ4v) is 11.2. The van der Waals surface area contributed by atoms with Gasteiger partial charge in [0.25, 0.3) is 0 Å². The molecule has 0 aromatic carbocycles. The lowest BCUT2D eigenvalue weighted by Gasteiger charge is -2.18. The van der Waals surface area contributed by atoms with Gasteiger partial charge in [0.05, 0.1) is 0 Å². The Bertz CT molecular complexity index is 1210. The van der Waals surface area contributed by atoms with E-state index in [1.807, 2.05) is 0 Å². The van der Waals surface area contributed by atoms with E-state index in [4.69, 9.17) is 14.2 Å². The molecule has 0 saturated heterocycles. The molecule has 0 radical (unpaired) electrons. The predicted octanol–water partition coefficient (Wildman–Crippen LogP) is 24.4. The van der Waals surface area contributed by atoms with Gasteiger partial charge < -0.3 is 14.2 Å². The monoisotopic (exact) mass is 1100 g/mol. The Morgan fingerprint density at radius 1 is 0.244 bits per heavy atom. The number of ether oxygens (including phenoxy) is 3. The van der Waals surface area contributed by atoms with Crippen LogP contribution in [-0.4, -0.2) is 37.2 Å². The van der Waals surface area contributed by atoms with Crippen LogP contribution in [0.5, 0.6) is 0 Å². The molecule has 0 bridgehead atoms. The van der Waals surface area contributed by atoms with Gasteiger partial charge in [-0.3, -0.25) is 14.4 Å². The van der Waals surface area contributed by atoms with E-state index in [0.717, 1.165) is 64.2 Å². The van der Waals surface area contributed by atoms with Crippen molar-refractivity contribution in [3.63, 3.8) is 0 Å². The summed E-state index contributed by atoms with van der Waals surface area (Å²) in [6, 6.07) is 0. The number of unbranched alkanes of at least 4 members (excludes halogenated alkanes) is 54. The second-order valence-electron chi connectivity index (χ2n) is 24.5. The van der Waals surface area contributed by atoms with Crippen LogP contribution in [0.4, 0.5) is 0 Å². The van der Waals surface area contributed by atoms with E-state index in [1.54, 1.807) is 0 Å². The van der Waals surface area contributed by atoms with Crippen LogP contribution in [0.1, 0.15) is 412 Å². The summed E-state index contributed by atoms with van der Waals surface area (Å²) in [5, 5.41) is 0. The maximum Gasteiger partial charge on any atom is 0.306 e. The topological polar surface area (TPSA) is 78.9 Å². The van der Waals surface area contributed by atoms with Crippen molar-refractivity contribution in [2.24, 2.45) is 0 Å². The van der Waals surface area contributed by atoms with Crippen LogP contribution in [0.2, 0.25) is 0 Å². The average molecular weight is 1100 g/mol. The second kappa shape index (κ2) is 67.7. The van der Waals surface area contributed by atoms with Crippen LogP contribution in [0, 0.1) is 0 Å². The van der Waals surface area contributed by atoms with E-state index in [0.29, 0.717) is 19.3 Å². The van der Waals surface area contributed by atoms with Gasteiger partial charge in [-0.05, 0) is 44.9 Å². The lowest BCUT2D eigenvalue weighted by molar-refractivity contribution is -0.167. The van der Waals surface area contributed by atoms with Gasteiger partial charge in [0.1, 0.15) is 13.2 Å². The highest BCUT2D eigenvalue weighted by Gasteiger charge is 2.19. The Kier molecular flexibility index (Phi) is 66.0. The summed E-state index contributed by atoms with van der Waals surface area (Å²) < 4.78 is 17.0. The number of allylic oxidation sites excluding steroid dienone is 2. The van der Waals surface area contributed by atoms with Crippen LogP contribution in [-0.2, 0) is 28.6 Å². The van der Waals surface area contributed by atoms with Gasteiger partial charge in [-0.2, -0.15) is 0 Å². The Labute approximate surface area is 488 Å². The first-order valence-corrected chi connectivity index (χ1v) is 35.7. The molecule has 0 aromatic rings. The molecule has 1 unspecified atom stereocenters. The molecule has 0 aliphatic rings. The smallest absolute Gasteiger partial charge is 0.306 e. The van der Waals surface area contributed by atoms with Crippen molar-refractivity contribution in [3.8, 4) is 0 Å². The van der Waals surface area contributed by atoms with E-state index in [1.165, 1.54) is 308 Å². The summed E-state index contributed by atoms with van der Waals surface area (Å²) in [6.45, 7) is 6.71. The van der Waals surface area contributed by atoms with E-state index < -0.39 is 6.10 Å². The van der Waals surface area contributed by atoms with E-state index in [9.17, 15) is 14.4 Å². The van der Waals surface area contributed by atoms with Gasteiger partial charge in [-0.1, -0.05) is 360 Å². The van der Waals surface area contributed by atoms with E-state index in [-0.39, 0.29) is 31.1 Å². The minimum Gasteiger partial charge on any atom is -0.462 e. The van der Waals surface area contributed by atoms with Crippen molar-refractivity contribution < 1.29 is 28.6 Å². The quantitative estimate of drug-likeness (QED) is 0.0261. The highest BCUT2D eigenvalue weighted by atomic mass is 16.6. The maximum absolute atomic E-state index is 12.9. The van der Waals surface area contributed by atoms with Gasteiger partial charge in [0, 0.05) is 19.3 Å². The highest BCUT2D eigenvalue weighted by Crippen LogP contribution is 2.19. The van der Waals surface area contributed by atoms with E-state index in [2.05, 4.69) is 32.9 Å². The molecule has 1 atom stereocenters. The zero-order chi connectivity index (χ0) is 56.4. The molecular formula is C72H138O6. The number of rotatable bonds is 67. The van der Waals surface area contributed by atoms with Crippen LogP contribution < -0.4 is 0 Å². The predicted molar refractivity (Wildman–Crippen MR) is 340 cm³/mol. The Hall–Kier alpha value is -1.85. The van der Waals surface area contributed by atoms with Gasteiger partial charge in [0.15, 0.2) is 6.10 Å². The molecular weight excluding hydrogens is 961 g/mol. The number of hydrogen-bond acceptors (Lipinski definition) is 6. The summed E-state index contributed by atoms with van der Waals surface area (Å²) in [5.74, 6) is -0.839. The maximum atomic E-state index is 12.9. The molecule has 0 spiro atoms. The van der Waals surface area contributed by atoms with E-state index >= 15 is 0 Å². The fraction of sp³-hybridized carbons (Fsp3) is 0.931. The van der Waals surface area contributed by atoms with Crippen molar-refractivity contribution in [3.05, 3.63) is 12.2 Å². The minimum atomic E-state index is -0.770. The molecule has 462 valence electrons. The molecule has 0 fully saturated rings. The third kappa shape index (κ3) is 65.0. The Morgan fingerprint density at radius 2 is 0.423 bits per heavy atom. The number of carbonyl (C=O) groups excluding carboxylic acids is 3. The van der Waals surface area contributed by atoms with Crippen LogP contribution in [0.25, 0.3) is 0 Å². The van der Waals surface area contributed by atoms with Crippen molar-refractivity contribution >= 4 is 17.9 Å². The molecule has 6 heteroatoms. The molecule has 0 saturated carbocycles. The normalized spacial score (nSPS) is 12.0. The van der Waals surface area contributed by atoms with Gasteiger partial charge in [-0.25, -0.2) is 0 Å². The largest absolute Gasteiger partial charge is 0.462 e. The molecule has 0 aromatic heterocycles. The molecule has 6 nitrogen and oxygen atoms in total. The fourth-order valence-electron chi connectivity index (χ4n) is 11.2. The molecule has 0 aliphatic heterocycles. The second-order valence-corrected chi connectivity index (χ2v) is 24.5. The summed E-state index contributed by atoms with van der Waals surface area (Å²) in [5.41, 5.74) is 0. The molecule has 0 heterocycles. The van der Waals surface area contributed by atoms with Crippen molar-refractivity contribution in [1.29, 1.82) is 0 Å². The Morgan fingerprint density at radius 3 is 0.654 bits per heavy atom. The Balaban J connectivity index is 4.20. The molecule has 0 aliphatic carbocycles. The zero-order valence-corrected chi connectivity index (χ0v) is 53.2. The number of carbonyl (C=O) groups is 3. The first-order chi connectivity index (χ1) is 38.5. The summed E-state index contributed by atoms with van der Waals surface area (Å²) in [4.78, 5) is 38.4. The molecule has 0 N–H and O–H groups in total. The van der Waals surface area contributed by atoms with Crippen molar-refractivity contribution in [2.45, 2.75) is 419 Å². The third-order valence-corrected chi connectivity index (χ3v) is 16.5. The average Bonchev–Trinajstić information content (AvgIpc) is 3.44. The summed E-state index contributed by atoms with van der Waals surface area (Å²) in [7, 11) is 0. The van der Waals surface area contributed by atoms with Gasteiger partial charge in [-0.15, -0.1) is 0 Å².